The normalized spacial score (nSPS) is 11.4. The number of hydrogen-bond donors (Lipinski definition) is 2. The number of rotatable bonds is 5. The summed E-state index contributed by atoms with van der Waals surface area (Å²) in [6.07, 6.45) is 1.24. The van der Waals surface area contributed by atoms with Crippen molar-refractivity contribution >= 4 is 15.8 Å². The highest BCUT2D eigenvalue weighted by Gasteiger charge is 2.13. The number of aryl methyl sites for hydroxylation is 1. The van der Waals surface area contributed by atoms with Crippen LogP contribution in [0.4, 0.5) is 5.82 Å². The van der Waals surface area contributed by atoms with Gasteiger partial charge in [-0.15, -0.1) is 0 Å². The Morgan fingerprint density at radius 2 is 1.96 bits per heavy atom. The number of aromatic nitrogens is 2. The second-order valence-corrected chi connectivity index (χ2v) is 6.81. The van der Waals surface area contributed by atoms with Crippen molar-refractivity contribution in [3.05, 3.63) is 60.0 Å². The molecular weight excluding hydrogens is 328 g/mol. The van der Waals surface area contributed by atoms with E-state index in [1.54, 1.807) is 13.0 Å². The topological polar surface area (TPSA) is 111 Å². The molecule has 0 atom stereocenters. The van der Waals surface area contributed by atoms with Crippen molar-refractivity contribution < 1.29 is 12.9 Å². The summed E-state index contributed by atoms with van der Waals surface area (Å²) in [5, 5.41) is 12.2. The zero-order valence-corrected chi connectivity index (χ0v) is 13.7. The number of nitrogens with zero attached hydrogens (tertiary/aromatic N) is 2. The number of primary sulfonamides is 1. The van der Waals surface area contributed by atoms with Gasteiger partial charge in [0.05, 0.1) is 6.54 Å². The Hall–Kier alpha value is -2.71. The molecular formula is C16H16N4O3S. The second kappa shape index (κ2) is 6.42. The van der Waals surface area contributed by atoms with Crippen LogP contribution in [0.3, 0.4) is 0 Å². The quantitative estimate of drug-likeness (QED) is 0.734. The first-order chi connectivity index (χ1) is 11.4. The van der Waals surface area contributed by atoms with Crippen molar-refractivity contribution in [1.82, 2.24) is 10.1 Å². The highest BCUT2D eigenvalue weighted by Crippen LogP contribution is 2.20. The molecule has 1 aromatic carbocycles. The van der Waals surface area contributed by atoms with Gasteiger partial charge >= 0.3 is 0 Å². The van der Waals surface area contributed by atoms with Crippen LogP contribution < -0.4 is 10.5 Å². The molecule has 0 aliphatic heterocycles. The molecule has 124 valence electrons. The number of sulfonamides is 1. The summed E-state index contributed by atoms with van der Waals surface area (Å²) in [7, 11) is -3.76. The molecule has 3 N–H and O–H groups in total. The fraction of sp³-hybridized carbons (Fsp3) is 0.125. The summed E-state index contributed by atoms with van der Waals surface area (Å²) in [5.41, 5.74) is 2.25. The molecule has 0 fully saturated rings. The van der Waals surface area contributed by atoms with E-state index in [2.05, 4.69) is 15.5 Å². The fourth-order valence-electron chi connectivity index (χ4n) is 2.26. The van der Waals surface area contributed by atoms with E-state index in [9.17, 15) is 8.42 Å². The van der Waals surface area contributed by atoms with Gasteiger partial charge < -0.3 is 9.84 Å². The molecule has 7 nitrogen and oxygen atoms in total. The smallest absolute Gasteiger partial charge is 0.239 e. The third-order valence-electron chi connectivity index (χ3n) is 3.44. The molecule has 3 aromatic rings. The molecule has 8 heteroatoms. The van der Waals surface area contributed by atoms with Crippen LogP contribution in [0.1, 0.15) is 11.3 Å². The van der Waals surface area contributed by atoms with E-state index in [0.29, 0.717) is 23.7 Å². The molecule has 3 rings (SSSR count). The summed E-state index contributed by atoms with van der Waals surface area (Å²) < 4.78 is 28.0. The highest BCUT2D eigenvalue weighted by atomic mass is 32.2. The first-order valence-electron chi connectivity index (χ1n) is 7.18. The molecule has 0 unspecified atom stereocenters. The van der Waals surface area contributed by atoms with Crippen molar-refractivity contribution in [2.24, 2.45) is 5.14 Å². The van der Waals surface area contributed by atoms with Crippen molar-refractivity contribution in [2.45, 2.75) is 18.4 Å². The molecule has 0 spiro atoms. The van der Waals surface area contributed by atoms with E-state index in [4.69, 9.17) is 9.66 Å². The van der Waals surface area contributed by atoms with Gasteiger partial charge in [-0.25, -0.2) is 18.5 Å². The van der Waals surface area contributed by atoms with E-state index < -0.39 is 10.0 Å². The molecule has 0 bridgehead atoms. The summed E-state index contributed by atoms with van der Waals surface area (Å²) in [6.45, 7) is 2.04. The van der Waals surface area contributed by atoms with Crippen LogP contribution in [0.25, 0.3) is 11.3 Å². The Kier molecular flexibility index (Phi) is 4.32. The van der Waals surface area contributed by atoms with E-state index in [-0.39, 0.29) is 4.90 Å². The Morgan fingerprint density at radius 3 is 2.62 bits per heavy atom. The van der Waals surface area contributed by atoms with Crippen molar-refractivity contribution in [1.29, 1.82) is 0 Å². The largest absolute Gasteiger partial charge is 0.363 e. The first kappa shape index (κ1) is 16.2. The number of nitrogens with two attached hydrogens (primary N) is 1. The maximum Gasteiger partial charge on any atom is 0.239 e. The molecule has 0 amide bonds. The summed E-state index contributed by atoms with van der Waals surface area (Å²) >= 11 is 0. The van der Waals surface area contributed by atoms with E-state index in [1.807, 2.05) is 36.4 Å². The molecule has 2 aromatic heterocycles. The molecule has 0 radical (unpaired) electrons. The van der Waals surface area contributed by atoms with Gasteiger partial charge in [0.2, 0.25) is 10.0 Å². The standard InChI is InChI=1S/C16H16N4O3S/c1-11-7-16(19-10-15(11)24(17,21)22)18-9-13-8-14(20-23-13)12-5-3-2-4-6-12/h2-8,10H,9H2,1H3,(H,18,19)(H2,17,21,22). The Labute approximate surface area is 139 Å². The lowest BCUT2D eigenvalue weighted by atomic mass is 10.1. The average molecular weight is 344 g/mol. The zero-order valence-electron chi connectivity index (χ0n) is 12.9. The van der Waals surface area contributed by atoms with Gasteiger partial charge in [0.25, 0.3) is 0 Å². The molecule has 0 aliphatic carbocycles. The molecule has 0 saturated heterocycles. The summed E-state index contributed by atoms with van der Waals surface area (Å²) in [5.74, 6) is 1.17. The minimum atomic E-state index is -3.76. The van der Waals surface area contributed by atoms with Crippen molar-refractivity contribution in [2.75, 3.05) is 5.32 Å². The number of anilines is 1. The van der Waals surface area contributed by atoms with Gasteiger partial charge in [0, 0.05) is 17.8 Å². The van der Waals surface area contributed by atoms with Crippen molar-refractivity contribution in [3.63, 3.8) is 0 Å². The maximum absolute atomic E-state index is 11.4. The van der Waals surface area contributed by atoms with Gasteiger partial charge in [-0.1, -0.05) is 35.5 Å². The van der Waals surface area contributed by atoms with E-state index in [1.165, 1.54) is 6.20 Å². The van der Waals surface area contributed by atoms with Crippen LogP contribution in [0.2, 0.25) is 0 Å². The predicted octanol–water partition coefficient (Wildman–Crippen LogP) is 2.30. The lowest BCUT2D eigenvalue weighted by molar-refractivity contribution is 0.390. The Morgan fingerprint density at radius 1 is 1.21 bits per heavy atom. The van der Waals surface area contributed by atoms with Crippen LogP contribution in [-0.2, 0) is 16.6 Å². The number of nitrogens with one attached hydrogen (secondary N) is 1. The molecule has 24 heavy (non-hydrogen) atoms. The summed E-state index contributed by atoms with van der Waals surface area (Å²) in [4.78, 5) is 4.07. The molecule has 0 saturated carbocycles. The molecule has 2 heterocycles. The van der Waals surface area contributed by atoms with Gasteiger partial charge in [0.1, 0.15) is 16.4 Å². The van der Waals surface area contributed by atoms with Gasteiger partial charge in [-0.2, -0.15) is 0 Å². The third-order valence-corrected chi connectivity index (χ3v) is 4.48. The minimum absolute atomic E-state index is 0.0130. The van der Waals surface area contributed by atoms with E-state index in [0.717, 1.165) is 11.3 Å². The summed E-state index contributed by atoms with van der Waals surface area (Å²) in [6, 6.07) is 13.2. The van der Waals surface area contributed by atoms with Gasteiger partial charge in [-0.3, -0.25) is 0 Å². The van der Waals surface area contributed by atoms with E-state index >= 15 is 0 Å². The molecule has 0 aliphatic rings. The zero-order chi connectivity index (χ0) is 17.2. The average Bonchev–Trinajstić information content (AvgIpc) is 3.01. The van der Waals surface area contributed by atoms with Crippen LogP contribution in [0.15, 0.2) is 58.1 Å². The second-order valence-electron chi connectivity index (χ2n) is 5.28. The van der Waals surface area contributed by atoms with Gasteiger partial charge in [-0.05, 0) is 18.6 Å². The number of hydrogen-bond acceptors (Lipinski definition) is 6. The number of pyridine rings is 1. The highest BCUT2D eigenvalue weighted by molar-refractivity contribution is 7.89. The Bertz CT molecular complexity index is 952. The predicted molar refractivity (Wildman–Crippen MR) is 89.6 cm³/mol. The number of benzene rings is 1. The fourth-order valence-corrected chi connectivity index (χ4v) is 2.96. The lowest BCUT2D eigenvalue weighted by Gasteiger charge is -2.07. The van der Waals surface area contributed by atoms with Gasteiger partial charge in [0.15, 0.2) is 5.76 Å². The monoisotopic (exact) mass is 344 g/mol. The lowest BCUT2D eigenvalue weighted by Crippen LogP contribution is -2.14. The Balaban J connectivity index is 1.71. The van der Waals surface area contributed by atoms with Crippen LogP contribution in [0.5, 0.6) is 0 Å². The van der Waals surface area contributed by atoms with Crippen LogP contribution in [-0.4, -0.2) is 18.6 Å². The first-order valence-corrected chi connectivity index (χ1v) is 8.72. The van der Waals surface area contributed by atoms with Crippen molar-refractivity contribution in [3.8, 4) is 11.3 Å². The van der Waals surface area contributed by atoms with Crippen LogP contribution in [0, 0.1) is 6.92 Å². The minimum Gasteiger partial charge on any atom is -0.363 e. The SMILES string of the molecule is Cc1cc(NCc2cc(-c3ccccc3)no2)ncc1S(N)(=O)=O. The third kappa shape index (κ3) is 3.61. The van der Waals surface area contributed by atoms with Crippen LogP contribution >= 0.6 is 0 Å². The maximum atomic E-state index is 11.4.